The highest BCUT2D eigenvalue weighted by atomic mass is 16.3. The third-order valence-corrected chi connectivity index (χ3v) is 2.53. The van der Waals surface area contributed by atoms with E-state index in [9.17, 15) is 4.79 Å². The second kappa shape index (κ2) is 4.42. The number of hydrogen-bond acceptors (Lipinski definition) is 3. The number of ketones is 1. The smallest absolute Gasteiger partial charge is 0.157 e. The van der Waals surface area contributed by atoms with E-state index < -0.39 is 0 Å². The first-order valence-corrected chi connectivity index (χ1v) is 4.74. The van der Waals surface area contributed by atoms with Gasteiger partial charge < -0.3 is 10.4 Å². The molecule has 13 heavy (non-hydrogen) atoms. The number of rotatable bonds is 4. The van der Waals surface area contributed by atoms with Crippen LogP contribution in [0.3, 0.4) is 0 Å². The van der Waals surface area contributed by atoms with Crippen molar-refractivity contribution >= 4 is 5.78 Å². The minimum absolute atomic E-state index is 0.176. The summed E-state index contributed by atoms with van der Waals surface area (Å²) in [6, 6.07) is 0.224. The largest absolute Gasteiger partial charge is 0.396 e. The predicted octanol–water partition coefficient (Wildman–Crippen LogP) is 0.840. The van der Waals surface area contributed by atoms with Crippen molar-refractivity contribution in [2.45, 2.75) is 32.7 Å². The maximum atomic E-state index is 10.9. The van der Waals surface area contributed by atoms with E-state index in [0.29, 0.717) is 6.42 Å². The molecule has 0 aromatic heterocycles. The lowest BCUT2D eigenvalue weighted by Gasteiger charge is -2.20. The van der Waals surface area contributed by atoms with Crippen molar-refractivity contribution in [1.82, 2.24) is 5.32 Å². The third kappa shape index (κ3) is 2.84. The molecule has 0 saturated heterocycles. The van der Waals surface area contributed by atoms with Gasteiger partial charge in [-0.3, -0.25) is 4.79 Å². The van der Waals surface area contributed by atoms with E-state index in [4.69, 9.17) is 5.11 Å². The molecule has 0 fully saturated rings. The topological polar surface area (TPSA) is 49.3 Å². The number of carbonyl (C=O) groups is 1. The molecule has 0 saturated carbocycles. The summed E-state index contributed by atoms with van der Waals surface area (Å²) in [5.74, 6) is 0.419. The van der Waals surface area contributed by atoms with Crippen molar-refractivity contribution in [3.63, 3.8) is 0 Å². The summed E-state index contributed by atoms with van der Waals surface area (Å²) in [5.41, 5.74) is 1.01. The Bertz CT molecular complexity index is 223. The molecule has 2 N–H and O–H groups in total. The zero-order valence-corrected chi connectivity index (χ0v) is 8.21. The van der Waals surface area contributed by atoms with Crippen LogP contribution in [0.15, 0.2) is 11.8 Å². The van der Waals surface area contributed by atoms with Gasteiger partial charge in [0.15, 0.2) is 5.78 Å². The molecule has 0 aliphatic heterocycles. The molecule has 1 aliphatic carbocycles. The summed E-state index contributed by atoms with van der Waals surface area (Å²) in [6.45, 7) is 4.18. The molecule has 0 radical (unpaired) electrons. The number of carbonyl (C=O) groups excluding carboxylic acids is 1. The van der Waals surface area contributed by atoms with Crippen LogP contribution in [0.2, 0.25) is 0 Å². The van der Waals surface area contributed by atoms with E-state index in [1.54, 1.807) is 6.08 Å². The Balaban J connectivity index is 2.40. The van der Waals surface area contributed by atoms with E-state index in [2.05, 4.69) is 5.32 Å². The van der Waals surface area contributed by atoms with Crippen molar-refractivity contribution < 1.29 is 9.90 Å². The van der Waals surface area contributed by atoms with Crippen molar-refractivity contribution in [3.05, 3.63) is 11.8 Å². The van der Waals surface area contributed by atoms with E-state index in [1.165, 1.54) is 0 Å². The average Bonchev–Trinajstić information content (AvgIpc) is 2.49. The average molecular weight is 183 g/mol. The third-order valence-electron chi connectivity index (χ3n) is 2.53. The Morgan fingerprint density at radius 2 is 2.23 bits per heavy atom. The van der Waals surface area contributed by atoms with Gasteiger partial charge in [0.1, 0.15) is 0 Å². The van der Waals surface area contributed by atoms with Gasteiger partial charge in [0.05, 0.1) is 0 Å². The van der Waals surface area contributed by atoms with Crippen LogP contribution in [0.1, 0.15) is 26.7 Å². The van der Waals surface area contributed by atoms with Gasteiger partial charge in [-0.15, -0.1) is 0 Å². The number of allylic oxidation sites excluding steroid dienone is 2. The monoisotopic (exact) mass is 183 g/mol. The number of aliphatic hydroxyl groups excluding tert-OH is 1. The zero-order valence-electron chi connectivity index (χ0n) is 8.21. The van der Waals surface area contributed by atoms with Crippen LogP contribution in [0.25, 0.3) is 0 Å². The number of hydrogen-bond donors (Lipinski definition) is 2. The van der Waals surface area contributed by atoms with Crippen LogP contribution in [-0.4, -0.2) is 23.5 Å². The summed E-state index contributed by atoms with van der Waals surface area (Å²) < 4.78 is 0. The fourth-order valence-electron chi connectivity index (χ4n) is 1.30. The van der Waals surface area contributed by atoms with Crippen LogP contribution in [0.4, 0.5) is 0 Å². The van der Waals surface area contributed by atoms with Gasteiger partial charge in [-0.05, 0) is 19.3 Å². The minimum Gasteiger partial charge on any atom is -0.396 e. The van der Waals surface area contributed by atoms with Crippen LogP contribution >= 0.6 is 0 Å². The van der Waals surface area contributed by atoms with Gasteiger partial charge in [0, 0.05) is 30.8 Å². The normalized spacial score (nSPS) is 21.2. The summed E-state index contributed by atoms with van der Waals surface area (Å²) in [5, 5.41) is 12.1. The predicted molar refractivity (Wildman–Crippen MR) is 51.2 cm³/mol. The lowest BCUT2D eigenvalue weighted by atomic mass is 10.0. The summed E-state index contributed by atoms with van der Waals surface area (Å²) in [6.07, 6.45) is 3.12. The molecule has 0 aromatic rings. The molecule has 0 spiro atoms. The van der Waals surface area contributed by atoms with E-state index in [-0.39, 0.29) is 24.3 Å². The van der Waals surface area contributed by atoms with Crippen LogP contribution in [0.5, 0.6) is 0 Å². The molecule has 1 rings (SSSR count). The number of nitrogens with one attached hydrogen (secondary N) is 1. The van der Waals surface area contributed by atoms with Gasteiger partial charge in [0.2, 0.25) is 0 Å². The zero-order chi connectivity index (χ0) is 9.84. The SMILES string of the molecule is CC(CO)C(C)NC1=CC(=O)CC1. The van der Waals surface area contributed by atoms with Gasteiger partial charge in [-0.1, -0.05) is 6.92 Å². The van der Waals surface area contributed by atoms with Gasteiger partial charge in [-0.25, -0.2) is 0 Å². The fraction of sp³-hybridized carbons (Fsp3) is 0.700. The molecule has 0 amide bonds. The maximum absolute atomic E-state index is 10.9. The molecular weight excluding hydrogens is 166 g/mol. The Labute approximate surface area is 78.8 Å². The van der Waals surface area contributed by atoms with Crippen molar-refractivity contribution in [1.29, 1.82) is 0 Å². The van der Waals surface area contributed by atoms with E-state index in [1.807, 2.05) is 13.8 Å². The Morgan fingerprint density at radius 1 is 1.54 bits per heavy atom. The lowest BCUT2D eigenvalue weighted by molar-refractivity contribution is -0.114. The molecule has 2 unspecified atom stereocenters. The van der Waals surface area contributed by atoms with Crippen LogP contribution in [0, 0.1) is 5.92 Å². The van der Waals surface area contributed by atoms with Crippen molar-refractivity contribution in [2.24, 2.45) is 5.92 Å². The first-order valence-electron chi connectivity index (χ1n) is 4.74. The highest BCUT2D eigenvalue weighted by Crippen LogP contribution is 2.14. The Kier molecular flexibility index (Phi) is 3.48. The van der Waals surface area contributed by atoms with Crippen molar-refractivity contribution in [3.8, 4) is 0 Å². The molecule has 3 nitrogen and oxygen atoms in total. The van der Waals surface area contributed by atoms with Gasteiger partial charge in [0.25, 0.3) is 0 Å². The summed E-state index contributed by atoms with van der Waals surface area (Å²) in [4.78, 5) is 10.9. The first kappa shape index (κ1) is 10.3. The van der Waals surface area contributed by atoms with Crippen LogP contribution in [-0.2, 0) is 4.79 Å². The molecule has 2 atom stereocenters. The minimum atomic E-state index is 0.176. The summed E-state index contributed by atoms with van der Waals surface area (Å²) in [7, 11) is 0. The standard InChI is InChI=1S/C10H17NO2/c1-7(6-12)8(2)11-9-3-4-10(13)5-9/h5,7-8,11-12H,3-4,6H2,1-2H3. The van der Waals surface area contributed by atoms with Gasteiger partial charge >= 0.3 is 0 Å². The highest BCUT2D eigenvalue weighted by molar-refractivity contribution is 5.92. The second-order valence-electron chi connectivity index (χ2n) is 3.73. The molecule has 0 heterocycles. The highest BCUT2D eigenvalue weighted by Gasteiger charge is 2.16. The van der Waals surface area contributed by atoms with Gasteiger partial charge in [-0.2, -0.15) is 0 Å². The van der Waals surface area contributed by atoms with Crippen molar-refractivity contribution in [2.75, 3.05) is 6.61 Å². The maximum Gasteiger partial charge on any atom is 0.157 e. The quantitative estimate of drug-likeness (QED) is 0.679. The van der Waals surface area contributed by atoms with E-state index in [0.717, 1.165) is 12.1 Å². The first-order chi connectivity index (χ1) is 6.13. The molecule has 0 aromatic carbocycles. The fourth-order valence-corrected chi connectivity index (χ4v) is 1.30. The molecular formula is C10H17NO2. The summed E-state index contributed by atoms with van der Waals surface area (Å²) >= 11 is 0. The Hall–Kier alpha value is -0.830. The van der Waals surface area contributed by atoms with Crippen LogP contribution < -0.4 is 5.32 Å². The molecule has 0 bridgehead atoms. The Morgan fingerprint density at radius 3 is 2.69 bits per heavy atom. The number of aliphatic hydroxyl groups is 1. The molecule has 74 valence electrons. The lowest BCUT2D eigenvalue weighted by Crippen LogP contribution is -2.32. The molecule has 1 aliphatic rings. The van der Waals surface area contributed by atoms with E-state index >= 15 is 0 Å². The molecule has 3 heteroatoms. The second-order valence-corrected chi connectivity index (χ2v) is 3.73.